The Morgan fingerprint density at radius 1 is 1.19 bits per heavy atom. The van der Waals surface area contributed by atoms with E-state index >= 15 is 0 Å². The van der Waals surface area contributed by atoms with Crippen LogP contribution in [0.2, 0.25) is 5.02 Å². The highest BCUT2D eigenvalue weighted by Crippen LogP contribution is 2.23. The number of hydrazine groups is 1. The number of carbonyl (C=O) groups excluding carboxylic acids is 2. The van der Waals surface area contributed by atoms with Crippen molar-refractivity contribution in [2.24, 2.45) is 0 Å². The Balaban J connectivity index is 2.03. The molecule has 0 saturated carbocycles. The van der Waals surface area contributed by atoms with Crippen molar-refractivity contribution in [3.05, 3.63) is 49.6 Å². The SMILES string of the molecule is CSc1ccc(Cl)c(C(=O)NNC(=O)c2ccc(Br)s2)c1. The van der Waals surface area contributed by atoms with Crippen LogP contribution in [0.1, 0.15) is 20.0 Å². The molecule has 0 aliphatic rings. The molecule has 2 aromatic rings. The highest BCUT2D eigenvalue weighted by Gasteiger charge is 2.13. The maximum absolute atomic E-state index is 12.0. The molecule has 8 heteroatoms. The molecular formula is C13H10BrClN2O2S2. The van der Waals surface area contributed by atoms with Crippen LogP contribution in [0, 0.1) is 0 Å². The molecule has 0 aliphatic carbocycles. The molecular weight excluding hydrogens is 396 g/mol. The topological polar surface area (TPSA) is 58.2 Å². The number of amides is 2. The van der Waals surface area contributed by atoms with Gasteiger partial charge in [0.05, 0.1) is 19.2 Å². The van der Waals surface area contributed by atoms with Crippen LogP contribution in [0.3, 0.4) is 0 Å². The lowest BCUT2D eigenvalue weighted by molar-refractivity contribution is 0.0849. The Hall–Kier alpha value is -1.02. The second-order valence-corrected chi connectivity index (χ2v) is 7.61. The number of thioether (sulfide) groups is 1. The fourth-order valence-corrected chi connectivity index (χ4v) is 3.41. The van der Waals surface area contributed by atoms with Gasteiger partial charge in [-0.05, 0) is 52.5 Å². The second-order valence-electron chi connectivity index (χ2n) is 3.86. The second kappa shape index (κ2) is 7.31. The molecule has 0 unspecified atom stereocenters. The molecule has 2 rings (SSSR count). The minimum atomic E-state index is -0.458. The van der Waals surface area contributed by atoms with Gasteiger partial charge < -0.3 is 0 Å². The monoisotopic (exact) mass is 404 g/mol. The van der Waals surface area contributed by atoms with Gasteiger partial charge in [-0.3, -0.25) is 20.4 Å². The van der Waals surface area contributed by atoms with Crippen LogP contribution in [0.4, 0.5) is 0 Å². The smallest absolute Gasteiger partial charge is 0.267 e. The number of carbonyl (C=O) groups is 2. The summed E-state index contributed by atoms with van der Waals surface area (Å²) in [6.07, 6.45) is 1.90. The molecule has 2 amide bonds. The summed E-state index contributed by atoms with van der Waals surface area (Å²) in [6.45, 7) is 0. The van der Waals surface area contributed by atoms with Gasteiger partial charge in [0.15, 0.2) is 0 Å². The molecule has 0 radical (unpaired) electrons. The molecule has 0 aliphatic heterocycles. The van der Waals surface area contributed by atoms with Crippen molar-refractivity contribution in [1.82, 2.24) is 10.9 Å². The summed E-state index contributed by atoms with van der Waals surface area (Å²) in [5.41, 5.74) is 5.03. The van der Waals surface area contributed by atoms with Crippen molar-refractivity contribution in [3.63, 3.8) is 0 Å². The van der Waals surface area contributed by atoms with Gasteiger partial charge in [0, 0.05) is 4.90 Å². The summed E-state index contributed by atoms with van der Waals surface area (Å²) in [6, 6.07) is 8.58. The summed E-state index contributed by atoms with van der Waals surface area (Å²) >= 11 is 12.1. The molecule has 0 fully saturated rings. The predicted molar refractivity (Wildman–Crippen MR) is 90.2 cm³/mol. The van der Waals surface area contributed by atoms with Gasteiger partial charge >= 0.3 is 0 Å². The van der Waals surface area contributed by atoms with E-state index in [1.54, 1.807) is 24.3 Å². The number of rotatable bonds is 3. The normalized spacial score (nSPS) is 10.2. The quantitative estimate of drug-likeness (QED) is 0.600. The zero-order chi connectivity index (χ0) is 15.4. The molecule has 0 saturated heterocycles. The molecule has 4 nitrogen and oxygen atoms in total. The summed E-state index contributed by atoms with van der Waals surface area (Å²) in [5.74, 6) is -0.837. The molecule has 1 aromatic carbocycles. The van der Waals surface area contributed by atoms with Crippen LogP contribution >= 0.6 is 50.6 Å². The third-order valence-corrected chi connectivity index (χ3v) is 5.18. The Kier molecular flexibility index (Phi) is 5.69. The Labute approximate surface area is 143 Å². The van der Waals surface area contributed by atoms with E-state index < -0.39 is 5.91 Å². The van der Waals surface area contributed by atoms with Crippen LogP contribution < -0.4 is 10.9 Å². The first-order valence-corrected chi connectivity index (χ1v) is 8.92. The highest BCUT2D eigenvalue weighted by molar-refractivity contribution is 9.11. The van der Waals surface area contributed by atoms with E-state index in [0.29, 0.717) is 15.5 Å². The van der Waals surface area contributed by atoms with Crippen molar-refractivity contribution < 1.29 is 9.59 Å². The molecule has 21 heavy (non-hydrogen) atoms. The minimum Gasteiger partial charge on any atom is -0.267 e. The Morgan fingerprint density at radius 3 is 2.52 bits per heavy atom. The number of nitrogens with one attached hydrogen (secondary N) is 2. The van der Waals surface area contributed by atoms with Gasteiger partial charge in [-0.15, -0.1) is 23.1 Å². The van der Waals surface area contributed by atoms with E-state index in [-0.39, 0.29) is 5.91 Å². The zero-order valence-corrected chi connectivity index (χ0v) is 14.8. The fraction of sp³-hybridized carbons (Fsp3) is 0.0769. The maximum Gasteiger partial charge on any atom is 0.279 e. The van der Waals surface area contributed by atoms with Crippen molar-refractivity contribution in [3.8, 4) is 0 Å². The van der Waals surface area contributed by atoms with Gasteiger partial charge in [-0.25, -0.2) is 0 Å². The lowest BCUT2D eigenvalue weighted by atomic mass is 10.2. The van der Waals surface area contributed by atoms with Gasteiger partial charge in [0.25, 0.3) is 11.8 Å². The maximum atomic E-state index is 12.0. The Bertz CT molecular complexity index is 691. The van der Waals surface area contributed by atoms with Crippen molar-refractivity contribution in [2.45, 2.75) is 4.90 Å². The van der Waals surface area contributed by atoms with Gasteiger partial charge in [-0.1, -0.05) is 11.6 Å². The van der Waals surface area contributed by atoms with Gasteiger partial charge in [0.1, 0.15) is 0 Å². The van der Waals surface area contributed by atoms with Crippen LogP contribution in [0.25, 0.3) is 0 Å². The number of thiophene rings is 1. The largest absolute Gasteiger partial charge is 0.279 e. The minimum absolute atomic E-state index is 0.316. The van der Waals surface area contributed by atoms with E-state index in [1.807, 2.05) is 12.3 Å². The number of benzene rings is 1. The first kappa shape index (κ1) is 16.4. The molecule has 0 spiro atoms. The van der Waals surface area contributed by atoms with E-state index in [2.05, 4.69) is 26.8 Å². The molecule has 110 valence electrons. The third-order valence-electron chi connectivity index (χ3n) is 2.50. The molecule has 2 N–H and O–H groups in total. The van der Waals surface area contributed by atoms with Crippen LogP contribution in [0.15, 0.2) is 39.0 Å². The Morgan fingerprint density at radius 2 is 1.90 bits per heavy atom. The molecule has 0 atom stereocenters. The fourth-order valence-electron chi connectivity index (χ4n) is 1.48. The van der Waals surface area contributed by atoms with Gasteiger partial charge in [-0.2, -0.15) is 0 Å². The number of halogens is 2. The van der Waals surface area contributed by atoms with Crippen LogP contribution in [-0.4, -0.2) is 18.1 Å². The standard InChI is InChI=1S/C13H10BrClN2O2S2/c1-20-7-2-3-9(15)8(6-7)12(18)16-17-13(19)10-4-5-11(14)21-10/h2-6H,1H3,(H,16,18)(H,17,19). The van der Waals surface area contributed by atoms with E-state index in [0.717, 1.165) is 8.68 Å². The van der Waals surface area contributed by atoms with Crippen LogP contribution in [0.5, 0.6) is 0 Å². The zero-order valence-electron chi connectivity index (χ0n) is 10.8. The molecule has 1 aromatic heterocycles. The predicted octanol–water partition coefficient (Wildman–Crippen LogP) is 3.96. The van der Waals surface area contributed by atoms with Crippen molar-refractivity contribution in [2.75, 3.05) is 6.26 Å². The van der Waals surface area contributed by atoms with E-state index in [4.69, 9.17) is 11.6 Å². The molecule has 1 heterocycles. The van der Waals surface area contributed by atoms with Crippen molar-refractivity contribution >= 4 is 62.4 Å². The van der Waals surface area contributed by atoms with Crippen LogP contribution in [-0.2, 0) is 0 Å². The summed E-state index contributed by atoms with van der Waals surface area (Å²) in [5, 5.41) is 0.332. The number of hydrogen-bond acceptors (Lipinski definition) is 4. The summed E-state index contributed by atoms with van der Waals surface area (Å²) in [4.78, 5) is 25.3. The average Bonchev–Trinajstić information content (AvgIpc) is 2.91. The highest BCUT2D eigenvalue weighted by atomic mass is 79.9. The third kappa shape index (κ3) is 4.23. The number of hydrogen-bond donors (Lipinski definition) is 2. The lowest BCUT2D eigenvalue weighted by Crippen LogP contribution is -2.41. The van der Waals surface area contributed by atoms with E-state index in [9.17, 15) is 9.59 Å². The summed E-state index contributed by atoms with van der Waals surface area (Å²) < 4.78 is 0.842. The van der Waals surface area contributed by atoms with E-state index in [1.165, 1.54) is 23.1 Å². The van der Waals surface area contributed by atoms with Gasteiger partial charge in [0.2, 0.25) is 0 Å². The first-order valence-electron chi connectivity index (χ1n) is 5.71. The lowest BCUT2D eigenvalue weighted by Gasteiger charge is -2.08. The summed E-state index contributed by atoms with van der Waals surface area (Å²) in [7, 11) is 0. The van der Waals surface area contributed by atoms with Crippen molar-refractivity contribution in [1.29, 1.82) is 0 Å². The average molecular weight is 406 g/mol. The molecule has 0 bridgehead atoms. The first-order chi connectivity index (χ1) is 10.0.